The molecule has 0 saturated heterocycles. The minimum Gasteiger partial charge on any atom is -0.480 e. The summed E-state index contributed by atoms with van der Waals surface area (Å²) in [5.74, 6) is -1.07. The van der Waals surface area contributed by atoms with Crippen LogP contribution in [0.2, 0.25) is 0 Å². The molecule has 0 aliphatic heterocycles. The molecule has 0 fully saturated rings. The standard InChI is InChI=1S/C8H10N4O3/c1-12(4-7(13)14)8(15)11-6-2-9-5-10-3-6/h2-3,5H,4H2,1H3,(H,11,15)(H,13,14). The van der Waals surface area contributed by atoms with Gasteiger partial charge in [-0.2, -0.15) is 0 Å². The molecule has 1 heterocycles. The summed E-state index contributed by atoms with van der Waals surface area (Å²) in [6.07, 6.45) is 4.16. The number of hydrogen-bond acceptors (Lipinski definition) is 4. The molecule has 2 N–H and O–H groups in total. The Morgan fingerprint density at radius 3 is 2.60 bits per heavy atom. The second kappa shape index (κ2) is 4.89. The number of amides is 2. The molecule has 0 unspecified atom stereocenters. The molecule has 2 amide bonds. The Balaban J connectivity index is 2.52. The van der Waals surface area contributed by atoms with E-state index in [2.05, 4.69) is 15.3 Å². The van der Waals surface area contributed by atoms with Crippen LogP contribution >= 0.6 is 0 Å². The minimum absolute atomic E-state index is 0.362. The normalized spacial score (nSPS) is 9.40. The van der Waals surface area contributed by atoms with Crippen molar-refractivity contribution in [3.63, 3.8) is 0 Å². The third kappa shape index (κ3) is 3.59. The molecule has 80 valence electrons. The van der Waals surface area contributed by atoms with Crippen molar-refractivity contribution >= 4 is 17.7 Å². The van der Waals surface area contributed by atoms with Gasteiger partial charge in [0.2, 0.25) is 0 Å². The third-order valence-corrected chi connectivity index (χ3v) is 1.53. The van der Waals surface area contributed by atoms with Crippen LogP contribution in [0.1, 0.15) is 0 Å². The Labute approximate surface area is 85.8 Å². The molecule has 0 aliphatic carbocycles. The number of rotatable bonds is 3. The van der Waals surface area contributed by atoms with Crippen LogP contribution in [0.15, 0.2) is 18.7 Å². The van der Waals surface area contributed by atoms with Crippen molar-refractivity contribution in [1.29, 1.82) is 0 Å². The maximum Gasteiger partial charge on any atom is 0.323 e. The van der Waals surface area contributed by atoms with E-state index in [-0.39, 0.29) is 6.54 Å². The van der Waals surface area contributed by atoms with Gasteiger partial charge in [0, 0.05) is 7.05 Å². The predicted octanol–water partition coefficient (Wildman–Crippen LogP) is 0.0249. The third-order valence-electron chi connectivity index (χ3n) is 1.53. The summed E-state index contributed by atoms with van der Waals surface area (Å²) in [5, 5.41) is 10.9. The largest absolute Gasteiger partial charge is 0.480 e. The van der Waals surface area contributed by atoms with Gasteiger partial charge in [0.25, 0.3) is 0 Å². The fourth-order valence-electron chi connectivity index (χ4n) is 0.857. The highest BCUT2D eigenvalue weighted by atomic mass is 16.4. The summed E-state index contributed by atoms with van der Waals surface area (Å²) in [6.45, 7) is -0.362. The molecule has 7 nitrogen and oxygen atoms in total. The fourth-order valence-corrected chi connectivity index (χ4v) is 0.857. The van der Waals surface area contributed by atoms with Gasteiger partial charge in [0.1, 0.15) is 12.9 Å². The van der Waals surface area contributed by atoms with E-state index in [1.807, 2.05) is 0 Å². The average Bonchev–Trinajstić information content (AvgIpc) is 2.18. The van der Waals surface area contributed by atoms with E-state index in [1.54, 1.807) is 0 Å². The number of aliphatic carboxylic acids is 1. The number of anilines is 1. The first-order chi connectivity index (χ1) is 7.09. The lowest BCUT2D eigenvalue weighted by molar-refractivity contribution is -0.137. The highest BCUT2D eigenvalue weighted by Gasteiger charge is 2.11. The van der Waals surface area contributed by atoms with Gasteiger partial charge in [-0.25, -0.2) is 14.8 Å². The minimum atomic E-state index is -1.07. The fraction of sp³-hybridized carbons (Fsp3) is 0.250. The summed E-state index contributed by atoms with van der Waals surface area (Å²) in [4.78, 5) is 30.1. The number of carbonyl (C=O) groups is 2. The second-order valence-electron chi connectivity index (χ2n) is 2.81. The van der Waals surface area contributed by atoms with Gasteiger partial charge < -0.3 is 15.3 Å². The number of carboxylic acid groups (broad SMARTS) is 1. The van der Waals surface area contributed by atoms with Crippen molar-refractivity contribution in [3.05, 3.63) is 18.7 Å². The van der Waals surface area contributed by atoms with Crippen molar-refractivity contribution in [2.75, 3.05) is 18.9 Å². The molecular weight excluding hydrogens is 200 g/mol. The molecule has 1 rings (SSSR count). The SMILES string of the molecule is CN(CC(=O)O)C(=O)Nc1cncnc1. The summed E-state index contributed by atoms with van der Waals surface area (Å²) < 4.78 is 0. The molecule has 15 heavy (non-hydrogen) atoms. The topological polar surface area (TPSA) is 95.4 Å². The van der Waals surface area contributed by atoms with Crippen LogP contribution < -0.4 is 5.32 Å². The Morgan fingerprint density at radius 1 is 1.47 bits per heavy atom. The van der Waals surface area contributed by atoms with Crippen molar-refractivity contribution in [3.8, 4) is 0 Å². The molecule has 7 heteroatoms. The average molecular weight is 210 g/mol. The number of carboxylic acids is 1. The molecule has 0 aliphatic rings. The van der Waals surface area contributed by atoms with Crippen LogP contribution in [-0.4, -0.2) is 45.6 Å². The molecule has 1 aromatic heterocycles. The number of nitrogens with zero attached hydrogens (tertiary/aromatic N) is 3. The molecule has 0 saturated carbocycles. The first-order valence-corrected chi connectivity index (χ1v) is 4.08. The van der Waals surface area contributed by atoms with Crippen LogP contribution in [0.4, 0.5) is 10.5 Å². The van der Waals surface area contributed by atoms with Gasteiger partial charge in [0.05, 0.1) is 18.1 Å². The first kappa shape index (κ1) is 10.9. The number of aromatic nitrogens is 2. The molecule has 0 radical (unpaired) electrons. The number of hydrogen-bond donors (Lipinski definition) is 2. The monoisotopic (exact) mass is 210 g/mol. The van der Waals surface area contributed by atoms with E-state index >= 15 is 0 Å². The Bertz CT molecular complexity index is 354. The predicted molar refractivity (Wildman–Crippen MR) is 51.3 cm³/mol. The van der Waals surface area contributed by atoms with Crippen molar-refractivity contribution < 1.29 is 14.7 Å². The quantitative estimate of drug-likeness (QED) is 0.733. The highest BCUT2D eigenvalue weighted by Crippen LogP contribution is 2.01. The molecular formula is C8H10N4O3. The lowest BCUT2D eigenvalue weighted by Gasteiger charge is -2.14. The summed E-state index contributed by atoms with van der Waals surface area (Å²) in [7, 11) is 1.38. The van der Waals surface area contributed by atoms with Gasteiger partial charge in [-0.15, -0.1) is 0 Å². The van der Waals surface area contributed by atoms with E-state index in [4.69, 9.17) is 5.11 Å². The lowest BCUT2D eigenvalue weighted by Crippen LogP contribution is -2.35. The molecule has 0 aromatic carbocycles. The van der Waals surface area contributed by atoms with Crippen LogP contribution in [0.3, 0.4) is 0 Å². The summed E-state index contributed by atoms with van der Waals surface area (Å²) in [6, 6.07) is -0.521. The molecule has 0 bridgehead atoms. The highest BCUT2D eigenvalue weighted by molar-refractivity contribution is 5.90. The number of nitrogens with one attached hydrogen (secondary N) is 1. The maximum absolute atomic E-state index is 11.3. The van der Waals surface area contributed by atoms with Crippen LogP contribution in [0.25, 0.3) is 0 Å². The van der Waals surface area contributed by atoms with Crippen molar-refractivity contribution in [2.24, 2.45) is 0 Å². The van der Waals surface area contributed by atoms with Crippen LogP contribution in [0.5, 0.6) is 0 Å². The van der Waals surface area contributed by atoms with Crippen LogP contribution in [-0.2, 0) is 4.79 Å². The zero-order valence-electron chi connectivity index (χ0n) is 8.04. The van der Waals surface area contributed by atoms with E-state index in [1.165, 1.54) is 25.8 Å². The van der Waals surface area contributed by atoms with Crippen LogP contribution in [0, 0.1) is 0 Å². The zero-order chi connectivity index (χ0) is 11.3. The van der Waals surface area contributed by atoms with Gasteiger partial charge in [0.15, 0.2) is 0 Å². The maximum atomic E-state index is 11.3. The lowest BCUT2D eigenvalue weighted by atomic mass is 10.5. The Morgan fingerprint density at radius 2 is 2.07 bits per heavy atom. The van der Waals surface area contributed by atoms with Gasteiger partial charge >= 0.3 is 12.0 Å². The van der Waals surface area contributed by atoms with E-state index in [0.717, 1.165) is 4.90 Å². The zero-order valence-corrected chi connectivity index (χ0v) is 8.04. The summed E-state index contributed by atoms with van der Waals surface area (Å²) in [5.41, 5.74) is 0.416. The number of carbonyl (C=O) groups excluding carboxylic acids is 1. The first-order valence-electron chi connectivity index (χ1n) is 4.08. The number of likely N-dealkylation sites (N-methyl/N-ethyl adjacent to an activating group) is 1. The van der Waals surface area contributed by atoms with Crippen molar-refractivity contribution in [1.82, 2.24) is 14.9 Å². The van der Waals surface area contributed by atoms with Gasteiger partial charge in [-0.1, -0.05) is 0 Å². The molecule has 1 aromatic rings. The van der Waals surface area contributed by atoms with E-state index in [0.29, 0.717) is 5.69 Å². The van der Waals surface area contributed by atoms with Gasteiger partial charge in [-0.05, 0) is 0 Å². The van der Waals surface area contributed by atoms with E-state index in [9.17, 15) is 9.59 Å². The molecule has 0 spiro atoms. The smallest absolute Gasteiger partial charge is 0.323 e. The Hall–Kier alpha value is -2.18. The number of urea groups is 1. The molecule has 0 atom stereocenters. The van der Waals surface area contributed by atoms with E-state index < -0.39 is 12.0 Å². The van der Waals surface area contributed by atoms with Crippen molar-refractivity contribution in [2.45, 2.75) is 0 Å². The summed E-state index contributed by atoms with van der Waals surface area (Å²) >= 11 is 0. The second-order valence-corrected chi connectivity index (χ2v) is 2.81. The Kier molecular flexibility index (Phi) is 3.55. The van der Waals surface area contributed by atoms with Gasteiger partial charge in [-0.3, -0.25) is 4.79 Å².